The molecule has 135 heavy (non-hydrogen) atoms. The van der Waals surface area contributed by atoms with Crippen LogP contribution in [-0.2, 0) is 0 Å². The fourth-order valence-electron chi connectivity index (χ4n) is 18.3. The lowest BCUT2D eigenvalue weighted by molar-refractivity contribution is 1.07. The van der Waals surface area contributed by atoms with E-state index in [1.165, 1.54) is 110 Å². The Hall–Kier alpha value is -17.1. The van der Waals surface area contributed by atoms with Crippen LogP contribution in [-0.4, -0.2) is 44.9 Å². The average molecular weight is 1780 g/mol. The van der Waals surface area contributed by atoms with Crippen molar-refractivity contribution in [2.24, 2.45) is 0 Å². The molecule has 12 heteroatoms. The molecule has 26 rings (SSSR count). The van der Waals surface area contributed by atoms with Crippen molar-refractivity contribution in [3.8, 4) is 158 Å². The van der Waals surface area contributed by atoms with Gasteiger partial charge in [-0.25, -0.2) is 44.9 Å². The van der Waals surface area contributed by atoms with Crippen LogP contribution in [0.15, 0.2) is 467 Å². The lowest BCUT2D eigenvalue weighted by Crippen LogP contribution is -2.00. The molecule has 26 aromatic rings. The minimum Gasteiger partial charge on any atom is -0.208 e. The summed E-state index contributed by atoms with van der Waals surface area (Å²) in [6.45, 7) is 0. The fraction of sp³-hybridized carbons (Fsp3) is 0. The fourth-order valence-corrected chi connectivity index (χ4v) is 21.7. The number of nitrogens with zero attached hydrogens (tertiary/aromatic N) is 9. The Morgan fingerprint density at radius 3 is 0.852 bits per heavy atom. The van der Waals surface area contributed by atoms with Gasteiger partial charge in [-0.2, -0.15) is 0 Å². The molecule has 20 aromatic carbocycles. The summed E-state index contributed by atoms with van der Waals surface area (Å²) in [6.07, 6.45) is 0. The molecule has 0 aliphatic heterocycles. The lowest BCUT2D eigenvalue weighted by atomic mass is 9.92. The maximum Gasteiger partial charge on any atom is 0.164 e. The maximum absolute atomic E-state index is 5.03. The third-order valence-corrected chi connectivity index (χ3v) is 28.4. The van der Waals surface area contributed by atoms with Gasteiger partial charge in [0.15, 0.2) is 52.4 Å². The summed E-state index contributed by atoms with van der Waals surface area (Å²) in [5.41, 5.74) is 20.5. The Morgan fingerprint density at radius 2 is 0.385 bits per heavy atom. The average Bonchev–Trinajstić information content (AvgIpc) is 1.06. The predicted octanol–water partition coefficient (Wildman–Crippen LogP) is 33.5. The third-order valence-electron chi connectivity index (χ3n) is 25.0. The van der Waals surface area contributed by atoms with Gasteiger partial charge in [0.25, 0.3) is 0 Å². The number of hydrogen-bond acceptors (Lipinski definition) is 12. The summed E-state index contributed by atoms with van der Waals surface area (Å²) in [5, 5.41) is 14.8. The topological polar surface area (TPSA) is 116 Å². The van der Waals surface area contributed by atoms with Crippen molar-refractivity contribution in [3.63, 3.8) is 0 Å². The Kier molecular flexibility index (Phi) is 21.4. The highest BCUT2D eigenvalue weighted by Gasteiger charge is 2.22. The SMILES string of the molecule is c1ccc(-c2nc(-c3ccccc3)nc(-c3ccc(-c4cccc(-c5cccc6sc7ccccc7c56)c4)c4ccccc34)n2)cc1.c1ccc(-c2nc(-c3ccccc3)nc(-c3cccc(-c4cccc(-c5cccc6sc7ccccc7c56)c4)c3)n2)cc1.c1ccc2cc(-c3nc(-c4ccc(-c5ccc6sc7ccccc7c6c5)cc4)nc(-c4ccc5ccccc5c4)n3)ccc2c1. The second kappa shape index (κ2) is 35.6. The van der Waals surface area contributed by atoms with E-state index in [-0.39, 0.29) is 0 Å². The number of fused-ring (bicyclic) bond motifs is 12. The van der Waals surface area contributed by atoms with Crippen molar-refractivity contribution < 1.29 is 0 Å². The third kappa shape index (κ3) is 16.2. The van der Waals surface area contributed by atoms with Gasteiger partial charge < -0.3 is 0 Å². The Balaban J connectivity index is 0.000000111. The second-order valence-electron chi connectivity index (χ2n) is 33.4. The van der Waals surface area contributed by atoms with E-state index in [0.29, 0.717) is 52.4 Å². The number of thiophene rings is 3. The number of aromatic nitrogens is 9. The Labute approximate surface area is 790 Å². The molecule has 0 aliphatic carbocycles. The summed E-state index contributed by atoms with van der Waals surface area (Å²) < 4.78 is 7.88. The van der Waals surface area contributed by atoms with Crippen LogP contribution >= 0.6 is 34.0 Å². The molecule has 0 bridgehead atoms. The lowest BCUT2D eigenvalue weighted by Gasteiger charge is -2.14. The maximum atomic E-state index is 5.03. The van der Waals surface area contributed by atoms with Crippen LogP contribution in [0.4, 0.5) is 0 Å². The minimum atomic E-state index is 0.653. The number of rotatable bonds is 14. The standard InChI is InChI=1S/C43H27N3S.C41H25N3S.C39H25N3S/c1-3-13-28(14-4-1)41-44-42(29-15-5-2-6-16-29)46-43(45-41)36-26-25-32(34-19-7-8-20-35(34)36)30-17-11-18-31(27-30)33-22-12-24-39-40(33)37-21-9-10-23-38(37)47-39;1-3-9-30-23-33(19-15-26(30)7-1)40-42-39(43-41(44-40)34-20-16-27-8-2-4-10-31(27)24-34)29-17-13-28(14-18-29)32-21-22-38-36(25-32)35-11-5-6-12-37(35)45-38;1-3-12-26(13-4-1)37-40-38(27-14-5-2-6-15-27)42-39(41-37)31-19-10-17-29(25-31)28-16-9-18-30(24-28)32-21-11-23-35-36(32)33-20-7-8-22-34(33)43-35/h1-27H;1-25H;1-25H. The van der Waals surface area contributed by atoms with Crippen LogP contribution in [0, 0.1) is 0 Å². The van der Waals surface area contributed by atoms with Gasteiger partial charge in [0.05, 0.1) is 0 Å². The van der Waals surface area contributed by atoms with E-state index in [9.17, 15) is 0 Å². The van der Waals surface area contributed by atoms with Gasteiger partial charge in [-0.1, -0.05) is 388 Å². The van der Waals surface area contributed by atoms with E-state index < -0.39 is 0 Å². The first kappa shape index (κ1) is 81.1. The minimum absolute atomic E-state index is 0.653. The van der Waals surface area contributed by atoms with Gasteiger partial charge in [-0.05, 0) is 167 Å². The summed E-state index contributed by atoms with van der Waals surface area (Å²) in [7, 11) is 0. The first-order valence-corrected chi connectivity index (χ1v) is 47.5. The molecule has 0 atom stereocenters. The molecular weight excluding hydrogens is 1700 g/mol. The Bertz CT molecular complexity index is 8800. The van der Waals surface area contributed by atoms with Crippen LogP contribution in [0.1, 0.15) is 0 Å². The first-order chi connectivity index (χ1) is 66.8. The van der Waals surface area contributed by atoms with Gasteiger partial charge in [0.2, 0.25) is 0 Å². The van der Waals surface area contributed by atoms with Crippen molar-refractivity contribution in [1.82, 2.24) is 44.9 Å². The molecule has 0 spiro atoms. The molecule has 0 saturated carbocycles. The van der Waals surface area contributed by atoms with Gasteiger partial charge in [-0.3, -0.25) is 0 Å². The first-order valence-electron chi connectivity index (χ1n) is 45.0. The van der Waals surface area contributed by atoms with E-state index in [4.69, 9.17) is 44.9 Å². The molecular formula is C123H77N9S3. The van der Waals surface area contributed by atoms with Crippen LogP contribution in [0.25, 0.3) is 251 Å². The highest BCUT2D eigenvalue weighted by atomic mass is 32.1. The van der Waals surface area contributed by atoms with Crippen LogP contribution in [0.5, 0.6) is 0 Å². The molecule has 0 saturated heterocycles. The van der Waals surface area contributed by atoms with Gasteiger partial charge in [0, 0.05) is 111 Å². The highest BCUT2D eigenvalue weighted by molar-refractivity contribution is 7.26. The molecule has 9 nitrogen and oxygen atoms in total. The van der Waals surface area contributed by atoms with Gasteiger partial charge >= 0.3 is 0 Å². The number of benzene rings is 20. The molecule has 0 aliphatic rings. The van der Waals surface area contributed by atoms with E-state index in [2.05, 4.69) is 346 Å². The van der Waals surface area contributed by atoms with Crippen LogP contribution in [0.3, 0.4) is 0 Å². The van der Waals surface area contributed by atoms with Gasteiger partial charge in [0.1, 0.15) is 0 Å². The highest BCUT2D eigenvalue weighted by Crippen LogP contribution is 2.46. The van der Waals surface area contributed by atoms with Crippen molar-refractivity contribution in [3.05, 3.63) is 467 Å². The van der Waals surface area contributed by atoms with Crippen molar-refractivity contribution in [1.29, 1.82) is 0 Å². The quantitative estimate of drug-likeness (QED) is 0.105. The zero-order valence-corrected chi connectivity index (χ0v) is 75.2. The summed E-state index contributed by atoms with van der Waals surface area (Å²) >= 11 is 5.55. The predicted molar refractivity (Wildman–Crippen MR) is 567 cm³/mol. The van der Waals surface area contributed by atoms with Crippen molar-refractivity contribution >= 4 is 127 Å². The van der Waals surface area contributed by atoms with Crippen molar-refractivity contribution in [2.75, 3.05) is 0 Å². The molecule has 0 amide bonds. The smallest absolute Gasteiger partial charge is 0.164 e. The zero-order valence-electron chi connectivity index (χ0n) is 72.7. The van der Waals surface area contributed by atoms with Crippen LogP contribution in [0.2, 0.25) is 0 Å². The van der Waals surface area contributed by atoms with E-state index in [0.717, 1.165) is 88.3 Å². The Morgan fingerprint density at radius 1 is 0.119 bits per heavy atom. The van der Waals surface area contributed by atoms with Crippen LogP contribution < -0.4 is 0 Å². The van der Waals surface area contributed by atoms with E-state index >= 15 is 0 Å². The monoisotopic (exact) mass is 1780 g/mol. The molecule has 0 fully saturated rings. The second-order valence-corrected chi connectivity index (χ2v) is 36.6. The summed E-state index contributed by atoms with van der Waals surface area (Å²) in [4.78, 5) is 44.7. The zero-order chi connectivity index (χ0) is 89.5. The molecule has 6 aromatic heterocycles. The number of hydrogen-bond donors (Lipinski definition) is 0. The molecule has 6 heterocycles. The molecule has 632 valence electrons. The molecule has 0 radical (unpaired) electrons. The molecule has 0 unspecified atom stereocenters. The van der Waals surface area contributed by atoms with E-state index in [1.807, 2.05) is 155 Å². The summed E-state index contributed by atoms with van der Waals surface area (Å²) in [6, 6.07) is 164. The normalized spacial score (nSPS) is 11.4. The van der Waals surface area contributed by atoms with Crippen molar-refractivity contribution in [2.45, 2.75) is 0 Å². The summed E-state index contributed by atoms with van der Waals surface area (Å²) in [5.74, 6) is 5.92. The largest absolute Gasteiger partial charge is 0.208 e. The molecule has 0 N–H and O–H groups in total. The van der Waals surface area contributed by atoms with E-state index in [1.54, 1.807) is 0 Å². The van der Waals surface area contributed by atoms with Gasteiger partial charge in [-0.15, -0.1) is 34.0 Å².